The van der Waals surface area contributed by atoms with Crippen LogP contribution in [0.2, 0.25) is 0 Å². The van der Waals surface area contributed by atoms with Crippen LogP contribution in [0.3, 0.4) is 0 Å². The van der Waals surface area contributed by atoms with Gasteiger partial charge >= 0.3 is 11.9 Å². The fourth-order valence-corrected chi connectivity index (χ4v) is 8.18. The predicted molar refractivity (Wildman–Crippen MR) is 203 cm³/mol. The van der Waals surface area contributed by atoms with Gasteiger partial charge in [0.2, 0.25) is 0 Å². The van der Waals surface area contributed by atoms with Crippen molar-refractivity contribution in [1.29, 1.82) is 0 Å². The number of alkyl halides is 4. The largest absolute Gasteiger partial charge is 0.465 e. The van der Waals surface area contributed by atoms with Crippen LogP contribution in [0, 0.1) is 0 Å². The maximum absolute atomic E-state index is 13.6. The lowest BCUT2D eigenvalue weighted by atomic mass is 10.1. The van der Waals surface area contributed by atoms with E-state index in [0.717, 1.165) is 70.1 Å². The third-order valence-electron chi connectivity index (χ3n) is 8.59. The fraction of sp³-hybridized carbons (Fsp3) is 0.850. The molecule has 0 saturated heterocycles. The van der Waals surface area contributed by atoms with Crippen LogP contribution in [0.5, 0.6) is 0 Å². The Hall–Kier alpha value is -1.47. The van der Waals surface area contributed by atoms with Gasteiger partial charge in [0, 0.05) is 25.7 Å². The number of allylic oxidation sites excluding steroid dienone is 2. The summed E-state index contributed by atoms with van der Waals surface area (Å²) in [6, 6.07) is 0. The van der Waals surface area contributed by atoms with Crippen molar-refractivity contribution in [3.63, 3.8) is 0 Å². The minimum absolute atomic E-state index is 0.0250. The van der Waals surface area contributed by atoms with Crippen LogP contribution >= 0.6 is 7.92 Å². The molecule has 0 unspecified atom stereocenters. The van der Waals surface area contributed by atoms with Crippen LogP contribution in [0.15, 0.2) is 24.3 Å². The van der Waals surface area contributed by atoms with Crippen molar-refractivity contribution in [2.75, 3.05) is 52.3 Å². The lowest BCUT2D eigenvalue weighted by Crippen LogP contribution is -2.13. The molecule has 0 N–H and O–H groups in total. The van der Waals surface area contributed by atoms with E-state index < -0.39 is 11.8 Å². The Morgan fingerprint density at radius 1 is 0.580 bits per heavy atom. The van der Waals surface area contributed by atoms with E-state index >= 15 is 0 Å². The van der Waals surface area contributed by atoms with Crippen molar-refractivity contribution in [2.24, 2.45) is 0 Å². The first kappa shape index (κ1) is 48.5. The summed E-state index contributed by atoms with van der Waals surface area (Å²) in [7, 11) is 4.27. The van der Waals surface area contributed by atoms with Gasteiger partial charge in [0.15, 0.2) is 0 Å². The lowest BCUT2D eigenvalue weighted by Gasteiger charge is -2.18. The maximum atomic E-state index is 13.6. The van der Waals surface area contributed by atoms with Gasteiger partial charge in [0.1, 0.15) is 0 Å². The van der Waals surface area contributed by atoms with Gasteiger partial charge in [-0.1, -0.05) is 77.4 Å². The van der Waals surface area contributed by atoms with Gasteiger partial charge in [-0.3, -0.25) is 9.59 Å². The molecule has 0 spiro atoms. The third kappa shape index (κ3) is 33.7. The standard InChI is InChI=1S/C40H72F4NO4P/c1-5-7-27-39(41,42)29-17-20-32-48-37(46)25-15-11-9-13-22-34-50(36-24-19-31-45(3)4)35-23-14-10-12-16-26-38(47)49-33-21-18-30-40(43,44)28-8-6-2/h17-18,29-30H,5-16,19-28,31-36H2,1-4H3. The summed E-state index contributed by atoms with van der Waals surface area (Å²) in [6.45, 7) is 5.21. The minimum Gasteiger partial charge on any atom is -0.465 e. The zero-order chi connectivity index (χ0) is 37.4. The second-order valence-corrected chi connectivity index (χ2v) is 16.6. The number of rotatable bonds is 35. The van der Waals surface area contributed by atoms with Crippen molar-refractivity contribution in [3.05, 3.63) is 24.3 Å². The molecular formula is C40H72F4NO4P. The molecule has 0 aromatic rings. The van der Waals surface area contributed by atoms with Crippen LogP contribution in [0.1, 0.15) is 155 Å². The number of carbonyl (C=O) groups excluding carboxylic acids is 2. The predicted octanol–water partition coefficient (Wildman–Crippen LogP) is 12.1. The Morgan fingerprint density at radius 2 is 0.960 bits per heavy atom. The van der Waals surface area contributed by atoms with E-state index in [9.17, 15) is 27.2 Å². The fourth-order valence-electron chi connectivity index (χ4n) is 5.50. The van der Waals surface area contributed by atoms with Crippen LogP contribution in [-0.4, -0.2) is 81.0 Å². The van der Waals surface area contributed by atoms with Crippen LogP contribution in [0.25, 0.3) is 0 Å². The Labute approximate surface area is 304 Å². The first-order valence-electron chi connectivity index (χ1n) is 19.7. The van der Waals surface area contributed by atoms with Gasteiger partial charge in [0.25, 0.3) is 11.8 Å². The highest BCUT2D eigenvalue weighted by atomic mass is 31.1. The highest BCUT2D eigenvalue weighted by Crippen LogP contribution is 2.39. The molecule has 0 aromatic carbocycles. The van der Waals surface area contributed by atoms with Crippen molar-refractivity contribution in [1.82, 2.24) is 4.90 Å². The van der Waals surface area contributed by atoms with Crippen LogP contribution in [0.4, 0.5) is 17.6 Å². The van der Waals surface area contributed by atoms with E-state index in [2.05, 4.69) is 19.0 Å². The SMILES string of the molecule is CCCCC(F)(F)C=CCCOC(=O)CCCCCCCP(CCCCCCCC(=O)OCCC=CC(F)(F)CCCC)CCCCN(C)C. The third-order valence-corrected chi connectivity index (χ3v) is 11.4. The molecule has 0 atom stereocenters. The second kappa shape index (κ2) is 32.2. The first-order valence-corrected chi connectivity index (χ1v) is 21.6. The van der Waals surface area contributed by atoms with Crippen molar-refractivity contribution in [3.8, 4) is 0 Å². The van der Waals surface area contributed by atoms with Gasteiger partial charge in [-0.2, -0.15) is 0 Å². The molecular weight excluding hydrogens is 665 g/mol. The zero-order valence-electron chi connectivity index (χ0n) is 32.1. The molecule has 50 heavy (non-hydrogen) atoms. The molecule has 5 nitrogen and oxygen atoms in total. The number of esters is 2. The molecule has 0 aromatic heterocycles. The van der Waals surface area contributed by atoms with E-state index in [1.807, 2.05) is 13.8 Å². The molecule has 0 heterocycles. The number of unbranched alkanes of at least 4 members (excludes halogenated alkanes) is 11. The monoisotopic (exact) mass is 738 g/mol. The molecule has 10 heteroatoms. The molecule has 0 aliphatic heterocycles. The number of carbonyl (C=O) groups is 2. The minimum atomic E-state index is -2.78. The average molecular weight is 738 g/mol. The number of hydrogen-bond acceptors (Lipinski definition) is 5. The first-order chi connectivity index (χ1) is 23.9. The Bertz CT molecular complexity index is 823. The van der Waals surface area contributed by atoms with E-state index in [-0.39, 0.29) is 45.9 Å². The molecule has 0 saturated carbocycles. The summed E-state index contributed by atoms with van der Waals surface area (Å²) < 4.78 is 64.9. The molecule has 0 aliphatic carbocycles. The topological polar surface area (TPSA) is 55.8 Å². The summed E-state index contributed by atoms with van der Waals surface area (Å²) in [5.41, 5.74) is 0. The molecule has 0 rings (SSSR count). The Kier molecular flexibility index (Phi) is 31.3. The quantitative estimate of drug-likeness (QED) is 0.0213. The summed E-state index contributed by atoms with van der Waals surface area (Å²) in [5, 5.41) is 0. The van der Waals surface area contributed by atoms with Gasteiger partial charge in [0.05, 0.1) is 13.2 Å². The molecule has 294 valence electrons. The average Bonchev–Trinajstić information content (AvgIpc) is 3.06. The summed E-state index contributed by atoms with van der Waals surface area (Å²) in [6.07, 6.45) is 25.4. The smallest absolute Gasteiger partial charge is 0.305 e. The number of nitrogens with zero attached hydrogens (tertiary/aromatic N) is 1. The van der Waals surface area contributed by atoms with Crippen LogP contribution in [-0.2, 0) is 19.1 Å². The van der Waals surface area contributed by atoms with Crippen molar-refractivity contribution < 1.29 is 36.6 Å². The summed E-state index contributed by atoms with van der Waals surface area (Å²) in [4.78, 5) is 26.2. The van der Waals surface area contributed by atoms with Gasteiger partial charge in [-0.15, -0.1) is 7.92 Å². The Morgan fingerprint density at radius 3 is 1.36 bits per heavy atom. The molecule has 0 radical (unpaired) electrons. The zero-order valence-corrected chi connectivity index (χ0v) is 33.0. The molecule has 0 fully saturated rings. The number of hydrogen-bond donors (Lipinski definition) is 0. The van der Waals surface area contributed by atoms with Gasteiger partial charge < -0.3 is 14.4 Å². The molecule has 0 aliphatic rings. The second-order valence-electron chi connectivity index (χ2n) is 13.9. The van der Waals surface area contributed by atoms with E-state index in [4.69, 9.17) is 9.47 Å². The van der Waals surface area contributed by atoms with Gasteiger partial charge in [-0.25, -0.2) is 17.6 Å². The van der Waals surface area contributed by atoms with Crippen molar-refractivity contribution in [2.45, 2.75) is 167 Å². The van der Waals surface area contributed by atoms with Crippen LogP contribution < -0.4 is 0 Å². The normalized spacial score (nSPS) is 13.1. The maximum Gasteiger partial charge on any atom is 0.305 e. The lowest BCUT2D eigenvalue weighted by molar-refractivity contribution is -0.144. The summed E-state index contributed by atoms with van der Waals surface area (Å²) >= 11 is 0. The van der Waals surface area contributed by atoms with E-state index in [1.165, 1.54) is 69.2 Å². The summed E-state index contributed by atoms with van der Waals surface area (Å²) in [5.74, 6) is -6.05. The van der Waals surface area contributed by atoms with Crippen molar-refractivity contribution >= 4 is 19.9 Å². The highest BCUT2D eigenvalue weighted by molar-refractivity contribution is 7.57. The van der Waals surface area contributed by atoms with E-state index in [1.54, 1.807) is 0 Å². The number of halogens is 4. The number of ether oxygens (including phenoxy) is 2. The molecule has 0 bridgehead atoms. The van der Waals surface area contributed by atoms with Gasteiger partial charge in [-0.05, 0) is 115 Å². The van der Waals surface area contributed by atoms with E-state index in [0.29, 0.717) is 38.5 Å². The highest BCUT2D eigenvalue weighted by Gasteiger charge is 2.24. The molecule has 0 amide bonds. The Balaban J connectivity index is 4.07.